The van der Waals surface area contributed by atoms with Gasteiger partial charge in [-0.2, -0.15) is 0 Å². The second-order valence-corrected chi connectivity index (χ2v) is 5.21. The van der Waals surface area contributed by atoms with Gasteiger partial charge < -0.3 is 14.9 Å². The van der Waals surface area contributed by atoms with Crippen LogP contribution in [0.25, 0.3) is 0 Å². The number of aliphatic hydroxyl groups is 2. The predicted molar refractivity (Wildman–Crippen MR) is 93.9 cm³/mol. The van der Waals surface area contributed by atoms with E-state index in [1.54, 1.807) is 18.2 Å². The summed E-state index contributed by atoms with van der Waals surface area (Å²) >= 11 is 0. The van der Waals surface area contributed by atoms with Gasteiger partial charge in [0.15, 0.2) is 0 Å². The van der Waals surface area contributed by atoms with Gasteiger partial charge in [-0.25, -0.2) is 4.79 Å². The molecule has 128 valence electrons. The van der Waals surface area contributed by atoms with Crippen LogP contribution in [0, 0.1) is 0 Å². The molecule has 0 saturated carbocycles. The van der Waals surface area contributed by atoms with E-state index >= 15 is 0 Å². The molecular weight excluding hydrogens is 292 g/mol. The molecule has 23 heavy (non-hydrogen) atoms. The fraction of sp³-hybridized carbons (Fsp3) is 0.421. The highest BCUT2D eigenvalue weighted by atomic mass is 16.5. The number of carbonyl (C=O) groups excluding carboxylic acids is 1. The first-order chi connectivity index (χ1) is 11.0. The van der Waals surface area contributed by atoms with Gasteiger partial charge >= 0.3 is 5.97 Å². The van der Waals surface area contributed by atoms with Crippen molar-refractivity contribution in [2.24, 2.45) is 0 Å². The number of ether oxygens (including phenoxy) is 1. The van der Waals surface area contributed by atoms with Gasteiger partial charge in [-0.3, -0.25) is 0 Å². The van der Waals surface area contributed by atoms with Gasteiger partial charge in [-0.1, -0.05) is 53.7 Å². The number of allylic oxidation sites excluding steroid dienone is 8. The second-order valence-electron chi connectivity index (χ2n) is 5.21. The highest BCUT2D eigenvalue weighted by molar-refractivity contribution is 5.82. The topological polar surface area (TPSA) is 66.8 Å². The number of methoxy groups -OCH3 is 1. The van der Waals surface area contributed by atoms with E-state index < -0.39 is 6.10 Å². The van der Waals surface area contributed by atoms with Crippen LogP contribution in [-0.4, -0.2) is 36.0 Å². The van der Waals surface area contributed by atoms with Crippen LogP contribution in [0.4, 0.5) is 0 Å². The van der Waals surface area contributed by atoms with E-state index in [0.29, 0.717) is 6.42 Å². The highest BCUT2D eigenvalue weighted by Gasteiger charge is 1.96. The minimum absolute atomic E-state index is 0.169. The summed E-state index contributed by atoms with van der Waals surface area (Å²) in [6.07, 6.45) is 16.0. The maximum atomic E-state index is 11.0. The van der Waals surface area contributed by atoms with Crippen molar-refractivity contribution >= 4 is 5.97 Å². The second kappa shape index (κ2) is 13.7. The average Bonchev–Trinajstić information content (AvgIpc) is 2.52. The molecule has 0 rings (SSSR count). The summed E-state index contributed by atoms with van der Waals surface area (Å²) in [7, 11) is 1.35. The van der Waals surface area contributed by atoms with E-state index in [4.69, 9.17) is 5.11 Å². The number of hydrogen-bond acceptors (Lipinski definition) is 4. The molecule has 0 spiro atoms. The molecule has 0 aromatic carbocycles. The number of rotatable bonds is 10. The third kappa shape index (κ3) is 13.5. The lowest BCUT2D eigenvalue weighted by atomic mass is 10.1. The fourth-order valence-electron chi connectivity index (χ4n) is 1.75. The summed E-state index contributed by atoms with van der Waals surface area (Å²) in [6, 6.07) is 0. The molecule has 0 radical (unpaired) electrons. The number of esters is 1. The Morgan fingerprint density at radius 1 is 1.09 bits per heavy atom. The lowest BCUT2D eigenvalue weighted by Crippen LogP contribution is -2.01. The standard InChI is InChI=1S/C19H28O4/c1-16(15-17(2)12-13-19(22)23-3)9-5-4-6-10-18(21)11-7-8-14-20/h4-6,9-10,12-13,15,18,20-21H,7-8,11,14H2,1-3H3. The van der Waals surface area contributed by atoms with Crippen LogP contribution in [0.3, 0.4) is 0 Å². The zero-order valence-corrected chi connectivity index (χ0v) is 14.2. The van der Waals surface area contributed by atoms with Crippen molar-refractivity contribution in [3.63, 3.8) is 0 Å². The van der Waals surface area contributed by atoms with Gasteiger partial charge in [0.05, 0.1) is 13.2 Å². The van der Waals surface area contributed by atoms with Crippen molar-refractivity contribution in [1.82, 2.24) is 0 Å². The largest absolute Gasteiger partial charge is 0.466 e. The highest BCUT2D eigenvalue weighted by Crippen LogP contribution is 2.04. The lowest BCUT2D eigenvalue weighted by Gasteiger charge is -2.02. The Morgan fingerprint density at radius 3 is 2.48 bits per heavy atom. The monoisotopic (exact) mass is 320 g/mol. The summed E-state index contributed by atoms with van der Waals surface area (Å²) in [6.45, 7) is 4.04. The molecule has 4 nitrogen and oxygen atoms in total. The van der Waals surface area contributed by atoms with Crippen LogP contribution in [0.1, 0.15) is 33.1 Å². The molecular formula is C19H28O4. The van der Waals surface area contributed by atoms with Gasteiger partial charge in [-0.05, 0) is 33.1 Å². The van der Waals surface area contributed by atoms with Crippen molar-refractivity contribution in [1.29, 1.82) is 0 Å². The van der Waals surface area contributed by atoms with Crippen LogP contribution >= 0.6 is 0 Å². The molecule has 1 unspecified atom stereocenters. The molecule has 0 aromatic rings. The van der Waals surface area contributed by atoms with Crippen LogP contribution in [0.2, 0.25) is 0 Å². The Balaban J connectivity index is 4.31. The third-order valence-electron chi connectivity index (χ3n) is 2.96. The van der Waals surface area contributed by atoms with E-state index in [1.807, 2.05) is 38.2 Å². The molecule has 0 aliphatic rings. The zero-order valence-electron chi connectivity index (χ0n) is 14.2. The van der Waals surface area contributed by atoms with Crippen molar-refractivity contribution in [2.75, 3.05) is 13.7 Å². The van der Waals surface area contributed by atoms with E-state index in [-0.39, 0.29) is 12.6 Å². The van der Waals surface area contributed by atoms with Crippen LogP contribution in [0.15, 0.2) is 59.8 Å². The molecule has 0 saturated heterocycles. The van der Waals surface area contributed by atoms with Crippen molar-refractivity contribution in [2.45, 2.75) is 39.2 Å². The summed E-state index contributed by atoms with van der Waals surface area (Å²) in [4.78, 5) is 11.0. The SMILES string of the molecule is COC(=O)C=CC(C)=CC(C)=CC=CC=CC(O)CCCCO. The first kappa shape index (κ1) is 21.1. The Morgan fingerprint density at radius 2 is 1.83 bits per heavy atom. The Bertz CT molecular complexity index is 482. The van der Waals surface area contributed by atoms with Crippen molar-refractivity contribution in [3.05, 3.63) is 59.8 Å². The Kier molecular flexibility index (Phi) is 12.6. The van der Waals surface area contributed by atoms with Gasteiger partial charge in [0.2, 0.25) is 0 Å². The molecule has 4 heteroatoms. The van der Waals surface area contributed by atoms with E-state index in [9.17, 15) is 9.90 Å². The quantitative estimate of drug-likeness (QED) is 0.281. The first-order valence-electron chi connectivity index (χ1n) is 7.74. The number of hydrogen-bond donors (Lipinski definition) is 2. The summed E-state index contributed by atoms with van der Waals surface area (Å²) in [5.74, 6) is -0.373. The molecule has 0 fully saturated rings. The summed E-state index contributed by atoms with van der Waals surface area (Å²) in [5.41, 5.74) is 2.00. The first-order valence-corrected chi connectivity index (χ1v) is 7.74. The Labute approximate surface area is 139 Å². The lowest BCUT2D eigenvalue weighted by molar-refractivity contribution is -0.134. The van der Waals surface area contributed by atoms with Gasteiger partial charge in [-0.15, -0.1) is 0 Å². The normalized spacial score (nSPS) is 15.0. The number of unbranched alkanes of at least 4 members (excludes halogenated alkanes) is 1. The predicted octanol–water partition coefficient (Wildman–Crippen LogP) is 3.24. The number of aliphatic hydroxyl groups excluding tert-OH is 2. The maximum Gasteiger partial charge on any atom is 0.330 e. The van der Waals surface area contributed by atoms with Crippen molar-refractivity contribution in [3.8, 4) is 0 Å². The Hall–Kier alpha value is -1.91. The molecule has 0 aromatic heterocycles. The summed E-state index contributed by atoms with van der Waals surface area (Å²) < 4.78 is 4.53. The third-order valence-corrected chi connectivity index (χ3v) is 2.96. The van der Waals surface area contributed by atoms with Gasteiger partial charge in [0.1, 0.15) is 0 Å². The van der Waals surface area contributed by atoms with E-state index in [2.05, 4.69) is 4.74 Å². The maximum absolute atomic E-state index is 11.0. The average molecular weight is 320 g/mol. The smallest absolute Gasteiger partial charge is 0.330 e. The van der Waals surface area contributed by atoms with Crippen LogP contribution < -0.4 is 0 Å². The van der Waals surface area contributed by atoms with E-state index in [0.717, 1.165) is 24.0 Å². The fourth-order valence-corrected chi connectivity index (χ4v) is 1.75. The molecule has 0 amide bonds. The minimum atomic E-state index is -0.470. The summed E-state index contributed by atoms with van der Waals surface area (Å²) in [5, 5.41) is 18.3. The van der Waals surface area contributed by atoms with Crippen LogP contribution in [0.5, 0.6) is 0 Å². The minimum Gasteiger partial charge on any atom is -0.466 e. The molecule has 0 bridgehead atoms. The van der Waals surface area contributed by atoms with Crippen molar-refractivity contribution < 1.29 is 19.7 Å². The molecule has 0 aliphatic carbocycles. The number of carbonyl (C=O) groups is 1. The molecule has 1 atom stereocenters. The molecule has 0 aliphatic heterocycles. The van der Waals surface area contributed by atoms with Crippen LogP contribution in [-0.2, 0) is 9.53 Å². The molecule has 2 N–H and O–H groups in total. The molecule has 0 heterocycles. The van der Waals surface area contributed by atoms with Gasteiger partial charge in [0, 0.05) is 12.7 Å². The van der Waals surface area contributed by atoms with Gasteiger partial charge in [0.25, 0.3) is 0 Å². The zero-order chi connectivity index (χ0) is 17.5. The van der Waals surface area contributed by atoms with E-state index in [1.165, 1.54) is 13.2 Å².